The summed E-state index contributed by atoms with van der Waals surface area (Å²) in [7, 11) is 0. The summed E-state index contributed by atoms with van der Waals surface area (Å²) in [6.45, 7) is 0. The van der Waals surface area contributed by atoms with Crippen LogP contribution in [0.25, 0.3) is 5.70 Å². The maximum absolute atomic E-state index is 12.4. The van der Waals surface area contributed by atoms with Crippen molar-refractivity contribution in [3.63, 3.8) is 0 Å². The Bertz CT molecular complexity index is 1260. The highest BCUT2D eigenvalue weighted by Gasteiger charge is 2.26. The number of carbonyl (C=O) groups is 1. The summed E-state index contributed by atoms with van der Waals surface area (Å²) in [6, 6.07) is 18.5. The molecule has 0 saturated heterocycles. The van der Waals surface area contributed by atoms with Gasteiger partial charge in [-0.15, -0.1) is 16.4 Å². The molecular weight excluding hydrogens is 453 g/mol. The van der Waals surface area contributed by atoms with Crippen LogP contribution in [0.5, 0.6) is 0 Å². The number of carbonyl (C=O) groups excluding carboxylic acids is 1. The summed E-state index contributed by atoms with van der Waals surface area (Å²) < 4.78 is 1.74. The molecule has 5 rings (SSSR count). The van der Waals surface area contributed by atoms with Gasteiger partial charge >= 0.3 is 0 Å². The van der Waals surface area contributed by atoms with Crippen LogP contribution in [-0.4, -0.2) is 20.7 Å². The zero-order chi connectivity index (χ0) is 21.4. The number of rotatable bonds is 4. The van der Waals surface area contributed by atoms with E-state index in [0.717, 1.165) is 16.8 Å². The molecule has 0 bridgehead atoms. The number of nitrogens with zero attached hydrogens (tertiary/aromatic N) is 3. The summed E-state index contributed by atoms with van der Waals surface area (Å²) in [6.07, 6.45) is 2.05. The van der Waals surface area contributed by atoms with Crippen LogP contribution in [0.4, 0.5) is 11.9 Å². The van der Waals surface area contributed by atoms with Gasteiger partial charge in [0.15, 0.2) is 0 Å². The fourth-order valence-corrected chi connectivity index (χ4v) is 4.18. The van der Waals surface area contributed by atoms with Crippen molar-refractivity contribution in [3.8, 4) is 0 Å². The number of amides is 1. The molecule has 0 saturated carbocycles. The van der Waals surface area contributed by atoms with E-state index in [1.54, 1.807) is 10.7 Å². The van der Waals surface area contributed by atoms with Crippen molar-refractivity contribution in [1.29, 1.82) is 0 Å². The Morgan fingerprint density at radius 2 is 1.74 bits per heavy atom. The highest BCUT2D eigenvalue weighted by atomic mass is 35.5. The van der Waals surface area contributed by atoms with Crippen molar-refractivity contribution < 1.29 is 4.79 Å². The third-order valence-electron chi connectivity index (χ3n) is 4.80. The van der Waals surface area contributed by atoms with E-state index in [0.29, 0.717) is 20.9 Å². The zero-order valence-corrected chi connectivity index (χ0v) is 18.2. The van der Waals surface area contributed by atoms with Crippen molar-refractivity contribution in [1.82, 2.24) is 14.8 Å². The summed E-state index contributed by atoms with van der Waals surface area (Å²) in [5, 5.41) is 13.8. The van der Waals surface area contributed by atoms with Gasteiger partial charge in [0, 0.05) is 15.7 Å². The number of thiophene rings is 1. The zero-order valence-electron chi connectivity index (χ0n) is 15.9. The lowest BCUT2D eigenvalue weighted by Crippen LogP contribution is -2.20. The minimum absolute atomic E-state index is 0.227. The lowest BCUT2D eigenvalue weighted by atomic mass is 10.0. The van der Waals surface area contributed by atoms with Gasteiger partial charge in [0.25, 0.3) is 11.9 Å². The van der Waals surface area contributed by atoms with Crippen LogP contribution in [0, 0.1) is 0 Å². The molecule has 0 radical (unpaired) electrons. The number of hydrogen-bond donors (Lipinski definition) is 2. The van der Waals surface area contributed by atoms with Crippen molar-refractivity contribution in [2.45, 2.75) is 6.04 Å². The molecule has 1 atom stereocenters. The summed E-state index contributed by atoms with van der Waals surface area (Å²) in [4.78, 5) is 17.5. The Kier molecular flexibility index (Phi) is 5.23. The van der Waals surface area contributed by atoms with E-state index in [2.05, 4.69) is 26.8 Å². The van der Waals surface area contributed by atoms with Gasteiger partial charge in [-0.25, -0.2) is 4.68 Å². The molecule has 1 aliphatic rings. The van der Waals surface area contributed by atoms with E-state index in [1.165, 1.54) is 11.3 Å². The van der Waals surface area contributed by atoms with Crippen molar-refractivity contribution in [3.05, 3.63) is 98.2 Å². The van der Waals surface area contributed by atoms with Gasteiger partial charge in [-0.05, 0) is 52.9 Å². The summed E-state index contributed by atoms with van der Waals surface area (Å²) in [5.41, 5.74) is 2.81. The second kappa shape index (κ2) is 8.19. The second-order valence-corrected chi connectivity index (χ2v) is 8.66. The number of nitrogens with one attached hydrogen (secondary N) is 2. The van der Waals surface area contributed by atoms with Gasteiger partial charge in [0.05, 0.1) is 4.88 Å². The van der Waals surface area contributed by atoms with Gasteiger partial charge in [0.1, 0.15) is 6.04 Å². The van der Waals surface area contributed by atoms with E-state index in [1.807, 2.05) is 60.0 Å². The first-order valence-corrected chi connectivity index (χ1v) is 11.0. The normalized spacial score (nSPS) is 15.0. The minimum atomic E-state index is -0.244. The first-order valence-electron chi connectivity index (χ1n) is 9.38. The summed E-state index contributed by atoms with van der Waals surface area (Å²) in [5.74, 6) is 0.506. The standard InChI is InChI=1S/C22H15Cl2N5OS/c23-15-7-3-13(4-8-15)17-12-18(14-5-9-16(24)10-6-14)29-22(25-17)27-21(28-29)26-20(30)19-2-1-11-31-19/h1-12,18H,(H2,25,26,27,28,30). The first-order chi connectivity index (χ1) is 15.1. The predicted octanol–water partition coefficient (Wildman–Crippen LogP) is 5.95. The van der Waals surface area contributed by atoms with Crippen LogP contribution in [0.2, 0.25) is 10.0 Å². The predicted molar refractivity (Wildman–Crippen MR) is 125 cm³/mol. The fraction of sp³-hybridized carbons (Fsp3) is 0.0455. The van der Waals surface area contributed by atoms with E-state index in [4.69, 9.17) is 23.2 Å². The number of hydrogen-bond acceptors (Lipinski definition) is 5. The molecule has 0 fully saturated rings. The number of allylic oxidation sites excluding steroid dienone is 1. The number of halogens is 2. The largest absolute Gasteiger partial charge is 0.324 e. The average Bonchev–Trinajstić information content (AvgIpc) is 3.44. The fourth-order valence-electron chi connectivity index (χ4n) is 3.31. The van der Waals surface area contributed by atoms with Crippen molar-refractivity contribution >= 4 is 58.0 Å². The number of fused-ring (bicyclic) bond motifs is 1. The van der Waals surface area contributed by atoms with Gasteiger partial charge in [-0.1, -0.05) is 53.5 Å². The van der Waals surface area contributed by atoms with Gasteiger partial charge in [-0.2, -0.15) is 4.98 Å². The molecule has 1 amide bonds. The van der Waals surface area contributed by atoms with Crippen molar-refractivity contribution in [2.24, 2.45) is 0 Å². The monoisotopic (exact) mass is 467 g/mol. The molecule has 2 N–H and O–H groups in total. The molecule has 2 aromatic heterocycles. The van der Waals surface area contributed by atoms with Crippen LogP contribution < -0.4 is 10.6 Å². The summed E-state index contributed by atoms with van der Waals surface area (Å²) >= 11 is 13.5. The highest BCUT2D eigenvalue weighted by Crippen LogP contribution is 2.34. The maximum Gasteiger partial charge on any atom is 0.268 e. The van der Waals surface area contributed by atoms with Gasteiger partial charge < -0.3 is 5.32 Å². The van der Waals surface area contributed by atoms with Crippen LogP contribution >= 0.6 is 34.5 Å². The number of anilines is 2. The topological polar surface area (TPSA) is 71.8 Å². The van der Waals surface area contributed by atoms with Crippen LogP contribution in [0.1, 0.15) is 26.8 Å². The minimum Gasteiger partial charge on any atom is -0.324 e. The molecule has 6 nitrogen and oxygen atoms in total. The smallest absolute Gasteiger partial charge is 0.268 e. The van der Waals surface area contributed by atoms with Crippen molar-refractivity contribution in [2.75, 3.05) is 10.6 Å². The molecule has 0 spiro atoms. The lowest BCUT2D eigenvalue weighted by molar-refractivity contribution is 0.102. The second-order valence-electron chi connectivity index (χ2n) is 6.84. The average molecular weight is 468 g/mol. The number of benzene rings is 2. The Balaban J connectivity index is 1.53. The van der Waals surface area contributed by atoms with Gasteiger partial charge in [0.2, 0.25) is 5.95 Å². The van der Waals surface area contributed by atoms with E-state index in [-0.39, 0.29) is 17.9 Å². The van der Waals surface area contributed by atoms with E-state index >= 15 is 0 Å². The Labute approximate surface area is 192 Å². The van der Waals surface area contributed by atoms with E-state index in [9.17, 15) is 4.79 Å². The first kappa shape index (κ1) is 19.8. The molecule has 1 aliphatic heterocycles. The number of aromatic nitrogens is 3. The molecule has 2 aromatic carbocycles. The third kappa shape index (κ3) is 4.07. The van der Waals surface area contributed by atoms with Crippen LogP contribution in [0.3, 0.4) is 0 Å². The maximum atomic E-state index is 12.4. The molecule has 0 aliphatic carbocycles. The highest BCUT2D eigenvalue weighted by molar-refractivity contribution is 7.12. The molecular formula is C22H15Cl2N5OS. The van der Waals surface area contributed by atoms with Crippen LogP contribution in [0.15, 0.2) is 72.1 Å². The molecule has 1 unspecified atom stereocenters. The Morgan fingerprint density at radius 1 is 1.03 bits per heavy atom. The molecule has 154 valence electrons. The Hall–Kier alpha value is -3.13. The third-order valence-corrected chi connectivity index (χ3v) is 6.18. The van der Waals surface area contributed by atoms with E-state index < -0.39 is 0 Å². The molecule has 3 heterocycles. The lowest BCUT2D eigenvalue weighted by Gasteiger charge is -2.24. The molecule has 4 aromatic rings. The molecule has 9 heteroatoms. The SMILES string of the molecule is O=C(Nc1nc2n(n1)C(c1ccc(Cl)cc1)C=C(c1ccc(Cl)cc1)N2)c1cccs1. The quantitative estimate of drug-likeness (QED) is 0.388. The van der Waals surface area contributed by atoms with Crippen LogP contribution in [-0.2, 0) is 0 Å². The van der Waals surface area contributed by atoms with Gasteiger partial charge in [-0.3, -0.25) is 10.1 Å². The Morgan fingerprint density at radius 3 is 2.42 bits per heavy atom. The molecule has 31 heavy (non-hydrogen) atoms.